The van der Waals surface area contributed by atoms with E-state index in [2.05, 4.69) is 6.07 Å². The van der Waals surface area contributed by atoms with Crippen molar-refractivity contribution in [2.75, 3.05) is 13.3 Å². The highest BCUT2D eigenvalue weighted by molar-refractivity contribution is 5.60. The summed E-state index contributed by atoms with van der Waals surface area (Å²) in [4.78, 5) is 0. The first kappa shape index (κ1) is 8.45. The Balaban J connectivity index is 2.14. The fourth-order valence-corrected chi connectivity index (χ4v) is 1.45. The molecule has 1 unspecified atom stereocenters. The van der Waals surface area contributed by atoms with E-state index >= 15 is 0 Å². The van der Waals surface area contributed by atoms with Crippen molar-refractivity contribution < 1.29 is 9.13 Å². The van der Waals surface area contributed by atoms with E-state index in [1.54, 1.807) is 0 Å². The number of rotatable bonds is 3. The molecule has 2 heteroatoms. The van der Waals surface area contributed by atoms with Crippen molar-refractivity contribution in [3.05, 3.63) is 41.5 Å². The van der Waals surface area contributed by atoms with Crippen molar-refractivity contribution in [2.24, 2.45) is 0 Å². The molecular formula is C11H10FO. The van der Waals surface area contributed by atoms with Crippen LogP contribution in [0.3, 0.4) is 0 Å². The van der Waals surface area contributed by atoms with Crippen LogP contribution in [0.25, 0.3) is 6.08 Å². The summed E-state index contributed by atoms with van der Waals surface area (Å²) in [6, 6.07) is 8.88. The number of ether oxygens (including phenoxy) is 1. The Hall–Kier alpha value is -1.15. The average molecular weight is 177 g/mol. The zero-order valence-electron chi connectivity index (χ0n) is 7.16. The molecule has 13 heavy (non-hydrogen) atoms. The molecule has 1 nitrogen and oxygen atoms in total. The summed E-state index contributed by atoms with van der Waals surface area (Å²) in [5.41, 5.74) is 2.13. The maximum atomic E-state index is 11.9. The molecule has 2 rings (SSSR count). The van der Waals surface area contributed by atoms with Gasteiger partial charge in [-0.05, 0) is 17.2 Å². The monoisotopic (exact) mass is 177 g/mol. The topological polar surface area (TPSA) is 9.23 Å². The number of hydrogen-bond donors (Lipinski definition) is 0. The zero-order valence-corrected chi connectivity index (χ0v) is 7.16. The van der Waals surface area contributed by atoms with Gasteiger partial charge in [0.2, 0.25) is 0 Å². The molecule has 0 fully saturated rings. The third-order valence-electron chi connectivity index (χ3n) is 2.03. The molecule has 1 aliphatic carbocycles. The fraction of sp³-hybridized carbons (Fsp3) is 0.273. The first-order valence-corrected chi connectivity index (χ1v) is 4.28. The number of hydrogen-bond acceptors (Lipinski definition) is 1. The summed E-state index contributed by atoms with van der Waals surface area (Å²) >= 11 is 0. The molecule has 0 bridgehead atoms. The van der Waals surface area contributed by atoms with Crippen molar-refractivity contribution in [1.82, 2.24) is 0 Å². The van der Waals surface area contributed by atoms with Crippen LogP contribution in [0.5, 0.6) is 0 Å². The third kappa shape index (κ3) is 1.63. The highest BCUT2D eigenvalue weighted by Gasteiger charge is 2.16. The largest absolute Gasteiger partial charge is 0.367 e. The van der Waals surface area contributed by atoms with Gasteiger partial charge in [-0.2, -0.15) is 0 Å². The Kier molecular flexibility index (Phi) is 2.41. The molecule has 0 aliphatic heterocycles. The molecule has 1 aromatic rings. The van der Waals surface area contributed by atoms with Crippen molar-refractivity contribution in [3.8, 4) is 0 Å². The number of fused-ring (bicyclic) bond motifs is 1. The third-order valence-corrected chi connectivity index (χ3v) is 2.03. The second-order valence-electron chi connectivity index (χ2n) is 2.88. The van der Waals surface area contributed by atoms with Gasteiger partial charge in [0.05, 0.1) is 6.61 Å². The fourth-order valence-electron chi connectivity index (χ4n) is 1.45. The van der Waals surface area contributed by atoms with Gasteiger partial charge in [-0.1, -0.05) is 30.4 Å². The van der Waals surface area contributed by atoms with Crippen LogP contribution in [-0.4, -0.2) is 13.3 Å². The van der Waals surface area contributed by atoms with E-state index < -0.39 is 6.67 Å². The zero-order chi connectivity index (χ0) is 9.10. The maximum absolute atomic E-state index is 11.9. The van der Waals surface area contributed by atoms with Crippen LogP contribution in [0.4, 0.5) is 4.39 Å². The van der Waals surface area contributed by atoms with Crippen LogP contribution in [-0.2, 0) is 4.74 Å². The highest BCUT2D eigenvalue weighted by atomic mass is 19.1. The van der Waals surface area contributed by atoms with Gasteiger partial charge < -0.3 is 4.74 Å². The van der Waals surface area contributed by atoms with Gasteiger partial charge in [0, 0.05) is 0 Å². The van der Waals surface area contributed by atoms with Gasteiger partial charge in [0.15, 0.2) is 0 Å². The molecule has 0 amide bonds. The molecule has 67 valence electrons. The van der Waals surface area contributed by atoms with E-state index in [4.69, 9.17) is 4.74 Å². The lowest BCUT2D eigenvalue weighted by Crippen LogP contribution is -2.02. The van der Waals surface area contributed by atoms with Gasteiger partial charge in [0.25, 0.3) is 0 Å². The van der Waals surface area contributed by atoms with Crippen molar-refractivity contribution in [2.45, 2.75) is 6.10 Å². The first-order valence-electron chi connectivity index (χ1n) is 4.28. The molecule has 0 saturated carbocycles. The molecular weight excluding hydrogens is 167 g/mol. The van der Waals surface area contributed by atoms with Gasteiger partial charge in [-0.25, -0.2) is 4.39 Å². The van der Waals surface area contributed by atoms with E-state index in [0.717, 1.165) is 11.1 Å². The maximum Gasteiger partial charge on any atom is 0.113 e. The molecule has 0 aromatic heterocycles. The average Bonchev–Trinajstić information content (AvgIpc) is 2.58. The van der Waals surface area contributed by atoms with Crippen LogP contribution < -0.4 is 0 Å². The number of halogens is 1. The molecule has 1 aromatic carbocycles. The lowest BCUT2D eigenvalue weighted by atomic mass is 10.1. The van der Waals surface area contributed by atoms with Crippen molar-refractivity contribution in [1.29, 1.82) is 0 Å². The Labute approximate surface area is 76.8 Å². The molecule has 1 atom stereocenters. The Bertz CT molecular complexity index is 320. The van der Waals surface area contributed by atoms with Gasteiger partial charge in [0.1, 0.15) is 12.8 Å². The Morgan fingerprint density at radius 1 is 1.54 bits per heavy atom. The van der Waals surface area contributed by atoms with E-state index in [1.807, 2.05) is 30.4 Å². The van der Waals surface area contributed by atoms with Gasteiger partial charge >= 0.3 is 0 Å². The van der Waals surface area contributed by atoms with Crippen molar-refractivity contribution >= 4 is 6.08 Å². The van der Waals surface area contributed by atoms with Crippen LogP contribution in [0.1, 0.15) is 17.2 Å². The summed E-state index contributed by atoms with van der Waals surface area (Å²) in [7, 11) is 0. The van der Waals surface area contributed by atoms with Gasteiger partial charge in [-0.15, -0.1) is 0 Å². The molecule has 1 aliphatic rings. The summed E-state index contributed by atoms with van der Waals surface area (Å²) < 4.78 is 17.1. The summed E-state index contributed by atoms with van der Waals surface area (Å²) in [6.45, 7) is -0.288. The Morgan fingerprint density at radius 3 is 3.31 bits per heavy atom. The normalized spacial score (nSPS) is 19.0. The molecule has 1 radical (unpaired) electrons. The van der Waals surface area contributed by atoms with Crippen LogP contribution >= 0.6 is 0 Å². The van der Waals surface area contributed by atoms with Crippen LogP contribution in [0.2, 0.25) is 0 Å². The minimum atomic E-state index is -0.438. The minimum absolute atomic E-state index is 0.105. The second-order valence-corrected chi connectivity index (χ2v) is 2.88. The molecule has 0 heterocycles. The molecule has 0 N–H and O–H groups in total. The van der Waals surface area contributed by atoms with E-state index in [0.29, 0.717) is 0 Å². The lowest BCUT2D eigenvalue weighted by molar-refractivity contribution is 0.0757. The number of benzene rings is 1. The first-order chi connectivity index (χ1) is 6.42. The SMILES string of the molecule is FCCOC1C=Cc2ccc[c]c21. The predicted molar refractivity (Wildman–Crippen MR) is 49.0 cm³/mol. The molecule has 0 saturated heterocycles. The quantitative estimate of drug-likeness (QED) is 0.689. The van der Waals surface area contributed by atoms with E-state index in [9.17, 15) is 4.39 Å². The summed E-state index contributed by atoms with van der Waals surface area (Å²) in [6.07, 6.45) is 3.80. The highest BCUT2D eigenvalue weighted by Crippen LogP contribution is 2.29. The lowest BCUT2D eigenvalue weighted by Gasteiger charge is -2.10. The van der Waals surface area contributed by atoms with Crippen LogP contribution in [0, 0.1) is 6.07 Å². The number of alkyl halides is 1. The molecule has 0 spiro atoms. The van der Waals surface area contributed by atoms with Crippen LogP contribution in [0.15, 0.2) is 24.3 Å². The Morgan fingerprint density at radius 2 is 2.46 bits per heavy atom. The minimum Gasteiger partial charge on any atom is -0.367 e. The van der Waals surface area contributed by atoms with Gasteiger partial charge in [-0.3, -0.25) is 0 Å². The predicted octanol–water partition coefficient (Wildman–Crippen LogP) is 2.54. The standard InChI is InChI=1S/C11H10FO/c12-7-8-13-11-6-5-9-3-1-2-4-10(9)11/h1-3,5-6,11H,7-8H2. The van der Waals surface area contributed by atoms with E-state index in [-0.39, 0.29) is 12.7 Å². The smallest absolute Gasteiger partial charge is 0.113 e. The second kappa shape index (κ2) is 3.71. The summed E-state index contributed by atoms with van der Waals surface area (Å²) in [5, 5.41) is 0. The summed E-state index contributed by atoms with van der Waals surface area (Å²) in [5.74, 6) is 0. The van der Waals surface area contributed by atoms with E-state index in [1.165, 1.54) is 0 Å². The van der Waals surface area contributed by atoms with Crippen molar-refractivity contribution in [3.63, 3.8) is 0 Å².